The molecule has 1 N–H and O–H groups in total. The molecule has 0 aliphatic carbocycles. The highest BCUT2D eigenvalue weighted by molar-refractivity contribution is 6.30. The summed E-state index contributed by atoms with van der Waals surface area (Å²) in [6, 6.07) is 25.3. The lowest BCUT2D eigenvalue weighted by atomic mass is 9.86. The van der Waals surface area contributed by atoms with Crippen molar-refractivity contribution in [3.8, 4) is 0 Å². The molecule has 0 aliphatic rings. The SMILES string of the molecule is C[C@@H](NC(=O)/C=C/c1ccccc1)[C@H](Cc1ccc(Cl)cc1)c1ccc(Cl)cc1. The molecule has 0 heterocycles. The summed E-state index contributed by atoms with van der Waals surface area (Å²) in [7, 11) is 0. The summed E-state index contributed by atoms with van der Waals surface area (Å²) in [6.45, 7) is 2.03. The molecule has 3 rings (SSSR count). The first-order valence-corrected chi connectivity index (χ1v) is 10.3. The Morgan fingerprint density at radius 2 is 1.48 bits per heavy atom. The van der Waals surface area contributed by atoms with Gasteiger partial charge < -0.3 is 5.32 Å². The van der Waals surface area contributed by atoms with Gasteiger partial charge in [0.2, 0.25) is 5.91 Å². The largest absolute Gasteiger partial charge is 0.349 e. The second kappa shape index (κ2) is 10.3. The van der Waals surface area contributed by atoms with E-state index in [0.717, 1.165) is 23.1 Å². The molecule has 2 atom stereocenters. The number of benzene rings is 3. The smallest absolute Gasteiger partial charge is 0.244 e. The van der Waals surface area contributed by atoms with E-state index in [9.17, 15) is 4.79 Å². The van der Waals surface area contributed by atoms with Gasteiger partial charge in [0.1, 0.15) is 0 Å². The molecule has 3 aromatic carbocycles. The number of rotatable bonds is 7. The van der Waals surface area contributed by atoms with Gasteiger partial charge in [0.25, 0.3) is 0 Å². The summed E-state index contributed by atoms with van der Waals surface area (Å²) in [6.07, 6.45) is 4.17. The first-order valence-electron chi connectivity index (χ1n) is 9.55. The van der Waals surface area contributed by atoms with Crippen LogP contribution in [0.1, 0.15) is 29.5 Å². The standard InChI is InChI=1S/C25H23Cl2NO/c1-18(28-25(29)16-9-19-5-3-2-4-6-19)24(21-10-14-23(27)15-11-21)17-20-7-12-22(26)13-8-20/h2-16,18,24H,17H2,1H3,(H,28,29)/b16-9+/t18-,24+/m1/s1. The molecular weight excluding hydrogens is 401 g/mol. The van der Waals surface area contributed by atoms with Crippen molar-refractivity contribution in [2.24, 2.45) is 0 Å². The summed E-state index contributed by atoms with van der Waals surface area (Å²) < 4.78 is 0. The van der Waals surface area contributed by atoms with Crippen molar-refractivity contribution in [2.75, 3.05) is 0 Å². The van der Waals surface area contributed by atoms with E-state index in [-0.39, 0.29) is 17.9 Å². The molecule has 0 aromatic heterocycles. The maximum absolute atomic E-state index is 12.5. The van der Waals surface area contributed by atoms with Gasteiger partial charge in [-0.1, -0.05) is 77.8 Å². The maximum atomic E-state index is 12.5. The van der Waals surface area contributed by atoms with Crippen LogP contribution in [0.15, 0.2) is 84.9 Å². The predicted octanol–water partition coefficient (Wildman–Crippen LogP) is 6.54. The van der Waals surface area contributed by atoms with Crippen LogP contribution < -0.4 is 5.32 Å². The number of hydrogen-bond donors (Lipinski definition) is 1. The van der Waals surface area contributed by atoms with Crippen LogP contribution in [0.25, 0.3) is 6.08 Å². The van der Waals surface area contributed by atoms with Gasteiger partial charge in [-0.15, -0.1) is 0 Å². The van der Waals surface area contributed by atoms with Gasteiger partial charge in [0.05, 0.1) is 0 Å². The van der Waals surface area contributed by atoms with Crippen LogP contribution in [0.5, 0.6) is 0 Å². The summed E-state index contributed by atoms with van der Waals surface area (Å²) in [5, 5.41) is 4.52. The summed E-state index contributed by atoms with van der Waals surface area (Å²) in [5.41, 5.74) is 3.28. The summed E-state index contributed by atoms with van der Waals surface area (Å²) in [4.78, 5) is 12.5. The second-order valence-electron chi connectivity index (χ2n) is 7.03. The normalized spacial score (nSPS) is 13.2. The maximum Gasteiger partial charge on any atom is 0.244 e. The molecule has 2 nitrogen and oxygen atoms in total. The molecule has 0 bridgehead atoms. The van der Waals surface area contributed by atoms with Crippen molar-refractivity contribution in [1.82, 2.24) is 5.32 Å². The van der Waals surface area contributed by atoms with E-state index < -0.39 is 0 Å². The van der Waals surface area contributed by atoms with Gasteiger partial charge in [-0.3, -0.25) is 4.79 Å². The van der Waals surface area contributed by atoms with Gasteiger partial charge in [-0.05, 0) is 60.4 Å². The van der Waals surface area contributed by atoms with Gasteiger partial charge in [-0.2, -0.15) is 0 Å². The molecule has 0 unspecified atom stereocenters. The summed E-state index contributed by atoms with van der Waals surface area (Å²) in [5.74, 6) is -0.0149. The molecular formula is C25H23Cl2NO. The predicted molar refractivity (Wildman–Crippen MR) is 122 cm³/mol. The molecule has 148 valence electrons. The Balaban J connectivity index is 1.75. The highest BCUT2D eigenvalue weighted by atomic mass is 35.5. The van der Waals surface area contributed by atoms with Gasteiger partial charge in [0, 0.05) is 28.1 Å². The Morgan fingerprint density at radius 3 is 2.10 bits per heavy atom. The van der Waals surface area contributed by atoms with Crippen LogP contribution in [0.3, 0.4) is 0 Å². The number of hydrogen-bond acceptors (Lipinski definition) is 1. The van der Waals surface area contributed by atoms with E-state index in [4.69, 9.17) is 23.2 Å². The average molecular weight is 424 g/mol. The zero-order valence-electron chi connectivity index (χ0n) is 16.2. The minimum absolute atomic E-state index is 0.0697. The Bertz CT molecular complexity index is 950. The second-order valence-corrected chi connectivity index (χ2v) is 7.90. The first kappa shape index (κ1) is 21.2. The Hall–Kier alpha value is -2.55. The van der Waals surface area contributed by atoms with Gasteiger partial charge >= 0.3 is 0 Å². The molecule has 29 heavy (non-hydrogen) atoms. The van der Waals surface area contributed by atoms with Gasteiger partial charge in [-0.25, -0.2) is 0 Å². The number of halogens is 2. The van der Waals surface area contributed by atoms with E-state index in [1.165, 1.54) is 0 Å². The molecule has 1 amide bonds. The highest BCUT2D eigenvalue weighted by Crippen LogP contribution is 2.26. The van der Waals surface area contributed by atoms with Crippen molar-refractivity contribution in [2.45, 2.75) is 25.3 Å². The van der Waals surface area contributed by atoms with Gasteiger partial charge in [0.15, 0.2) is 0 Å². The highest BCUT2D eigenvalue weighted by Gasteiger charge is 2.21. The Kier molecular flexibility index (Phi) is 7.51. The third kappa shape index (κ3) is 6.49. The molecule has 0 radical (unpaired) electrons. The first-order chi connectivity index (χ1) is 14.0. The summed E-state index contributed by atoms with van der Waals surface area (Å²) >= 11 is 12.1. The molecule has 0 saturated heterocycles. The quantitative estimate of drug-likeness (QED) is 0.429. The zero-order chi connectivity index (χ0) is 20.6. The van der Waals surface area contributed by atoms with Crippen LogP contribution in [0.2, 0.25) is 10.0 Å². The van der Waals surface area contributed by atoms with Crippen molar-refractivity contribution >= 4 is 35.2 Å². The molecule has 0 fully saturated rings. The van der Waals surface area contributed by atoms with Crippen LogP contribution in [-0.4, -0.2) is 11.9 Å². The van der Waals surface area contributed by atoms with Crippen molar-refractivity contribution in [1.29, 1.82) is 0 Å². The molecule has 0 aliphatic heterocycles. The molecule has 3 aromatic rings. The third-order valence-electron chi connectivity index (χ3n) is 4.87. The molecule has 0 saturated carbocycles. The lowest BCUT2D eigenvalue weighted by Gasteiger charge is -2.25. The van der Waals surface area contributed by atoms with E-state index >= 15 is 0 Å². The van der Waals surface area contributed by atoms with E-state index in [1.807, 2.05) is 91.9 Å². The van der Waals surface area contributed by atoms with Crippen LogP contribution in [0.4, 0.5) is 0 Å². The number of carbonyl (C=O) groups is 1. The fraction of sp³-hybridized carbons (Fsp3) is 0.160. The van der Waals surface area contributed by atoms with Crippen molar-refractivity contribution < 1.29 is 4.79 Å². The number of nitrogens with one attached hydrogen (secondary N) is 1. The molecule has 0 spiro atoms. The van der Waals surface area contributed by atoms with E-state index in [0.29, 0.717) is 10.0 Å². The minimum Gasteiger partial charge on any atom is -0.349 e. The Morgan fingerprint density at radius 1 is 0.897 bits per heavy atom. The molecule has 4 heteroatoms. The van der Waals surface area contributed by atoms with E-state index in [1.54, 1.807) is 6.08 Å². The third-order valence-corrected chi connectivity index (χ3v) is 5.37. The fourth-order valence-corrected chi connectivity index (χ4v) is 3.53. The lowest BCUT2D eigenvalue weighted by molar-refractivity contribution is -0.117. The van der Waals surface area contributed by atoms with Crippen LogP contribution in [-0.2, 0) is 11.2 Å². The minimum atomic E-state index is -0.114. The van der Waals surface area contributed by atoms with E-state index in [2.05, 4.69) is 5.32 Å². The topological polar surface area (TPSA) is 29.1 Å². The van der Waals surface area contributed by atoms with Crippen molar-refractivity contribution in [3.05, 3.63) is 112 Å². The number of carbonyl (C=O) groups excluding carboxylic acids is 1. The van der Waals surface area contributed by atoms with Crippen LogP contribution in [0, 0.1) is 0 Å². The monoisotopic (exact) mass is 423 g/mol. The number of amides is 1. The van der Waals surface area contributed by atoms with Crippen molar-refractivity contribution in [3.63, 3.8) is 0 Å². The van der Waals surface area contributed by atoms with Crippen LogP contribution >= 0.6 is 23.2 Å². The fourth-order valence-electron chi connectivity index (χ4n) is 3.28. The zero-order valence-corrected chi connectivity index (χ0v) is 17.7. The Labute approximate surface area is 182 Å². The lowest BCUT2D eigenvalue weighted by Crippen LogP contribution is -2.37. The average Bonchev–Trinajstić information content (AvgIpc) is 2.73.